The highest BCUT2D eigenvalue weighted by Gasteiger charge is 2.13. The minimum atomic E-state index is -0.833. The summed E-state index contributed by atoms with van der Waals surface area (Å²) in [6.07, 6.45) is 0.583. The summed E-state index contributed by atoms with van der Waals surface area (Å²) >= 11 is 0. The molecule has 0 aromatic carbocycles. The standard InChI is InChI=1S/C3H6O.CH4N2O/c1-3-2-4-3;2-1(3)4/h3H,2H2,1H3;(H4,2,3,4). The summed E-state index contributed by atoms with van der Waals surface area (Å²) in [5, 5.41) is 0. The van der Waals surface area contributed by atoms with Gasteiger partial charge in [-0.15, -0.1) is 0 Å². The third-order valence-electron chi connectivity index (χ3n) is 0.500. The Morgan fingerprint density at radius 2 is 1.88 bits per heavy atom. The number of hydrogen-bond donors (Lipinski definition) is 2. The maximum Gasteiger partial charge on any atom is 0.309 e. The quantitative estimate of drug-likeness (QED) is 0.417. The van der Waals surface area contributed by atoms with Crippen LogP contribution >= 0.6 is 0 Å². The second-order valence-corrected chi connectivity index (χ2v) is 1.55. The Labute approximate surface area is 47.8 Å². The molecule has 1 aliphatic rings. The summed E-state index contributed by atoms with van der Waals surface area (Å²) in [6.45, 7) is 3.04. The summed E-state index contributed by atoms with van der Waals surface area (Å²) in [5.41, 5.74) is 8.50. The molecule has 0 saturated carbocycles. The average Bonchev–Trinajstić information content (AvgIpc) is 2.19. The van der Waals surface area contributed by atoms with Crippen LogP contribution in [-0.4, -0.2) is 18.7 Å². The fourth-order valence-corrected chi connectivity index (χ4v) is 0.0962. The Morgan fingerprint density at radius 3 is 1.88 bits per heavy atom. The number of rotatable bonds is 0. The molecule has 0 aromatic heterocycles. The van der Waals surface area contributed by atoms with Gasteiger partial charge in [0.25, 0.3) is 0 Å². The van der Waals surface area contributed by atoms with Crippen molar-refractivity contribution in [3.63, 3.8) is 0 Å². The molecule has 2 amide bonds. The first-order valence-electron chi connectivity index (χ1n) is 2.29. The zero-order valence-corrected chi connectivity index (χ0v) is 4.76. The van der Waals surface area contributed by atoms with E-state index in [1.807, 2.05) is 0 Å². The van der Waals surface area contributed by atoms with Crippen molar-refractivity contribution >= 4 is 6.03 Å². The predicted molar refractivity (Wildman–Crippen MR) is 29.2 cm³/mol. The molecule has 0 bridgehead atoms. The van der Waals surface area contributed by atoms with Crippen LogP contribution in [0.3, 0.4) is 0 Å². The normalized spacial score (nSPS) is 22.9. The molecule has 48 valence electrons. The molecule has 4 N–H and O–H groups in total. The van der Waals surface area contributed by atoms with Crippen LogP contribution < -0.4 is 11.5 Å². The molecular formula is C4H10N2O2. The summed E-state index contributed by atoms with van der Waals surface area (Å²) in [4.78, 5) is 9.00. The molecule has 1 atom stereocenters. The van der Waals surface area contributed by atoms with E-state index in [0.717, 1.165) is 6.61 Å². The molecule has 1 fully saturated rings. The Morgan fingerprint density at radius 1 is 1.75 bits per heavy atom. The van der Waals surface area contributed by atoms with Crippen molar-refractivity contribution in [2.24, 2.45) is 11.5 Å². The summed E-state index contributed by atoms with van der Waals surface area (Å²) in [7, 11) is 0. The second kappa shape index (κ2) is 3.26. The lowest BCUT2D eigenvalue weighted by Gasteiger charge is -1.62. The summed E-state index contributed by atoms with van der Waals surface area (Å²) < 4.78 is 4.71. The Hall–Kier alpha value is -0.770. The van der Waals surface area contributed by atoms with E-state index in [1.165, 1.54) is 0 Å². The van der Waals surface area contributed by atoms with Crippen LogP contribution in [0.25, 0.3) is 0 Å². The van der Waals surface area contributed by atoms with Gasteiger partial charge in [0.2, 0.25) is 0 Å². The highest BCUT2D eigenvalue weighted by molar-refractivity contribution is 5.69. The monoisotopic (exact) mass is 118 g/mol. The van der Waals surface area contributed by atoms with Gasteiger partial charge in [0, 0.05) is 0 Å². The van der Waals surface area contributed by atoms with E-state index in [-0.39, 0.29) is 0 Å². The van der Waals surface area contributed by atoms with Crippen LogP contribution in [0.15, 0.2) is 0 Å². The SMILES string of the molecule is CC1CO1.NC(N)=O. The van der Waals surface area contributed by atoms with Gasteiger partial charge in [-0.2, -0.15) is 0 Å². The molecule has 4 heteroatoms. The number of nitrogens with two attached hydrogens (primary N) is 2. The zero-order valence-electron chi connectivity index (χ0n) is 4.76. The molecule has 1 aliphatic heterocycles. The third-order valence-corrected chi connectivity index (χ3v) is 0.500. The van der Waals surface area contributed by atoms with Gasteiger partial charge in [0.15, 0.2) is 0 Å². The maximum absolute atomic E-state index is 9.00. The molecule has 8 heavy (non-hydrogen) atoms. The molecule has 4 nitrogen and oxygen atoms in total. The number of ether oxygens (including phenoxy) is 1. The van der Waals surface area contributed by atoms with Crippen molar-refractivity contribution in [3.05, 3.63) is 0 Å². The molecular weight excluding hydrogens is 108 g/mol. The van der Waals surface area contributed by atoms with E-state index in [4.69, 9.17) is 9.53 Å². The summed E-state index contributed by atoms with van der Waals surface area (Å²) in [6, 6.07) is -0.833. The first kappa shape index (κ1) is 7.23. The smallest absolute Gasteiger partial charge is 0.309 e. The van der Waals surface area contributed by atoms with Crippen LogP contribution in [0.1, 0.15) is 6.92 Å². The topological polar surface area (TPSA) is 81.6 Å². The van der Waals surface area contributed by atoms with Gasteiger partial charge in [-0.1, -0.05) is 0 Å². The zero-order chi connectivity index (χ0) is 6.57. The van der Waals surface area contributed by atoms with Crippen molar-refractivity contribution in [1.29, 1.82) is 0 Å². The van der Waals surface area contributed by atoms with E-state index in [2.05, 4.69) is 18.4 Å². The van der Waals surface area contributed by atoms with Crippen molar-refractivity contribution in [2.75, 3.05) is 6.61 Å². The molecule has 1 heterocycles. The molecule has 1 rings (SSSR count). The number of primary amides is 2. The number of carbonyl (C=O) groups is 1. The predicted octanol–water partition coefficient (Wildman–Crippen LogP) is -0.571. The van der Waals surface area contributed by atoms with Gasteiger partial charge in [0.05, 0.1) is 12.7 Å². The van der Waals surface area contributed by atoms with Crippen LogP contribution in [0, 0.1) is 0 Å². The van der Waals surface area contributed by atoms with Gasteiger partial charge in [0.1, 0.15) is 0 Å². The average molecular weight is 118 g/mol. The van der Waals surface area contributed by atoms with E-state index >= 15 is 0 Å². The first-order chi connectivity index (χ1) is 3.63. The van der Waals surface area contributed by atoms with Crippen LogP contribution in [-0.2, 0) is 4.74 Å². The van der Waals surface area contributed by atoms with E-state index in [9.17, 15) is 0 Å². The van der Waals surface area contributed by atoms with Crippen LogP contribution in [0.4, 0.5) is 4.79 Å². The molecule has 0 spiro atoms. The second-order valence-electron chi connectivity index (χ2n) is 1.55. The van der Waals surface area contributed by atoms with E-state index in [1.54, 1.807) is 0 Å². The number of amides is 2. The Balaban J connectivity index is 0.000000122. The number of hydrogen-bond acceptors (Lipinski definition) is 2. The van der Waals surface area contributed by atoms with Crippen molar-refractivity contribution in [2.45, 2.75) is 13.0 Å². The van der Waals surface area contributed by atoms with Crippen molar-refractivity contribution in [1.82, 2.24) is 0 Å². The molecule has 0 radical (unpaired) electrons. The van der Waals surface area contributed by atoms with Gasteiger partial charge >= 0.3 is 6.03 Å². The van der Waals surface area contributed by atoms with Crippen molar-refractivity contribution in [3.8, 4) is 0 Å². The molecule has 1 saturated heterocycles. The fourth-order valence-electron chi connectivity index (χ4n) is 0.0962. The third kappa shape index (κ3) is 18.8. The number of epoxide rings is 1. The minimum Gasteiger partial charge on any atom is -0.373 e. The lowest BCUT2D eigenvalue weighted by molar-refractivity contribution is 0.256. The fraction of sp³-hybridized carbons (Fsp3) is 0.750. The van der Waals surface area contributed by atoms with Gasteiger partial charge < -0.3 is 16.2 Å². The van der Waals surface area contributed by atoms with Crippen molar-refractivity contribution < 1.29 is 9.53 Å². The molecule has 0 aliphatic carbocycles. The van der Waals surface area contributed by atoms with Gasteiger partial charge in [-0.3, -0.25) is 0 Å². The highest BCUT2D eigenvalue weighted by atomic mass is 16.6. The van der Waals surface area contributed by atoms with E-state index < -0.39 is 6.03 Å². The van der Waals surface area contributed by atoms with Gasteiger partial charge in [-0.05, 0) is 6.92 Å². The first-order valence-corrected chi connectivity index (χ1v) is 2.29. The molecule has 1 unspecified atom stereocenters. The number of urea groups is 1. The van der Waals surface area contributed by atoms with Gasteiger partial charge in [-0.25, -0.2) is 4.79 Å². The van der Waals surface area contributed by atoms with Crippen LogP contribution in [0.5, 0.6) is 0 Å². The molecule has 0 aromatic rings. The number of carbonyl (C=O) groups excluding carboxylic acids is 1. The Kier molecular flexibility index (Phi) is 2.95. The maximum atomic E-state index is 9.00. The minimum absolute atomic E-state index is 0.583. The highest BCUT2D eigenvalue weighted by Crippen LogP contribution is 2.04. The lowest BCUT2D eigenvalue weighted by Crippen LogP contribution is -2.18. The largest absolute Gasteiger partial charge is 0.373 e. The summed E-state index contributed by atoms with van der Waals surface area (Å²) in [5.74, 6) is 0. The Bertz CT molecular complexity index is 76.1. The van der Waals surface area contributed by atoms with Crippen LogP contribution in [0.2, 0.25) is 0 Å². The van der Waals surface area contributed by atoms with E-state index in [0.29, 0.717) is 6.10 Å². The lowest BCUT2D eigenvalue weighted by atomic mass is 10.6.